The second-order valence-electron chi connectivity index (χ2n) is 3.38. The molecule has 0 heterocycles. The van der Waals surface area contributed by atoms with E-state index in [1.807, 2.05) is 0 Å². The fraction of sp³-hybridized carbons (Fsp3) is 0.364. The Morgan fingerprint density at radius 1 is 1.59 bits per heavy atom. The molecule has 94 valence electrons. The van der Waals surface area contributed by atoms with Crippen LogP contribution in [0.5, 0.6) is 0 Å². The van der Waals surface area contributed by atoms with Gasteiger partial charge in [-0.2, -0.15) is 0 Å². The Labute approximate surface area is 119 Å². The molecule has 1 N–H and O–H groups in total. The van der Waals surface area contributed by atoms with Gasteiger partial charge in [-0.1, -0.05) is 17.7 Å². The van der Waals surface area contributed by atoms with Crippen LogP contribution in [0.25, 0.3) is 0 Å². The molecule has 0 fully saturated rings. The number of halogens is 3. The minimum absolute atomic E-state index is 0.232. The monoisotopic (exact) mass is 339 g/mol. The van der Waals surface area contributed by atoms with Gasteiger partial charge in [-0.05, 0) is 28.1 Å². The van der Waals surface area contributed by atoms with Crippen molar-refractivity contribution >= 4 is 45.0 Å². The molecule has 0 spiro atoms. The molecule has 0 saturated heterocycles. The number of ether oxygens (including phenoxy) is 1. The average molecular weight is 341 g/mol. The number of methoxy groups -OCH3 is 1. The SMILES string of the molecule is COCC(CCl)NC(=O)c1cccc(Br)c1Cl. The molecule has 1 unspecified atom stereocenters. The zero-order valence-corrected chi connectivity index (χ0v) is 12.3. The molecule has 0 saturated carbocycles. The molecule has 1 aromatic carbocycles. The van der Waals surface area contributed by atoms with Gasteiger partial charge in [0.05, 0.1) is 23.2 Å². The van der Waals surface area contributed by atoms with E-state index in [0.717, 1.165) is 0 Å². The first-order valence-corrected chi connectivity index (χ1v) is 6.60. The summed E-state index contributed by atoms with van der Waals surface area (Å²) in [5, 5.41) is 3.14. The van der Waals surface area contributed by atoms with Gasteiger partial charge >= 0.3 is 0 Å². The van der Waals surface area contributed by atoms with Gasteiger partial charge < -0.3 is 10.1 Å². The molecule has 1 atom stereocenters. The van der Waals surface area contributed by atoms with Gasteiger partial charge in [0.15, 0.2) is 0 Å². The summed E-state index contributed by atoms with van der Waals surface area (Å²) in [5.41, 5.74) is 0.410. The van der Waals surface area contributed by atoms with Crippen molar-refractivity contribution < 1.29 is 9.53 Å². The first-order chi connectivity index (χ1) is 8.10. The number of benzene rings is 1. The summed E-state index contributed by atoms with van der Waals surface area (Å²) in [5.74, 6) is 0.0181. The summed E-state index contributed by atoms with van der Waals surface area (Å²) in [6.45, 7) is 0.362. The normalized spacial score (nSPS) is 12.2. The third-order valence-electron chi connectivity index (χ3n) is 2.09. The molecule has 1 rings (SSSR count). The number of carbonyl (C=O) groups excluding carboxylic acids is 1. The fourth-order valence-corrected chi connectivity index (χ4v) is 2.01. The van der Waals surface area contributed by atoms with Crippen LogP contribution in [0.4, 0.5) is 0 Å². The van der Waals surface area contributed by atoms with E-state index in [9.17, 15) is 4.79 Å². The van der Waals surface area contributed by atoms with Crippen LogP contribution in [0.2, 0.25) is 5.02 Å². The highest BCUT2D eigenvalue weighted by atomic mass is 79.9. The number of hydrogen-bond acceptors (Lipinski definition) is 2. The molecule has 0 bridgehead atoms. The molecular weight excluding hydrogens is 329 g/mol. The Kier molecular flexibility index (Phi) is 6.27. The highest BCUT2D eigenvalue weighted by Crippen LogP contribution is 2.25. The van der Waals surface area contributed by atoms with Crippen LogP contribution >= 0.6 is 39.1 Å². The molecule has 17 heavy (non-hydrogen) atoms. The topological polar surface area (TPSA) is 38.3 Å². The number of rotatable bonds is 5. The van der Waals surface area contributed by atoms with E-state index < -0.39 is 0 Å². The Morgan fingerprint density at radius 3 is 2.88 bits per heavy atom. The first kappa shape index (κ1) is 14.8. The predicted octanol–water partition coefficient (Wildman–Crippen LogP) is 3.09. The van der Waals surface area contributed by atoms with Crippen LogP contribution in [0.3, 0.4) is 0 Å². The van der Waals surface area contributed by atoms with E-state index in [-0.39, 0.29) is 17.8 Å². The van der Waals surface area contributed by atoms with E-state index in [1.54, 1.807) is 25.3 Å². The second-order valence-corrected chi connectivity index (χ2v) is 4.92. The molecule has 3 nitrogen and oxygen atoms in total. The van der Waals surface area contributed by atoms with Crippen LogP contribution in [0.15, 0.2) is 22.7 Å². The second kappa shape index (κ2) is 7.21. The maximum atomic E-state index is 11.9. The van der Waals surface area contributed by atoms with Gasteiger partial charge in [0, 0.05) is 17.5 Å². The number of amides is 1. The standard InChI is InChI=1S/C11H12BrCl2NO2/c1-17-6-7(5-13)15-11(16)8-3-2-4-9(12)10(8)14/h2-4,7H,5-6H2,1H3,(H,15,16). The van der Waals surface area contributed by atoms with Crippen molar-refractivity contribution in [2.75, 3.05) is 19.6 Å². The maximum absolute atomic E-state index is 11.9. The largest absolute Gasteiger partial charge is 0.383 e. The molecular formula is C11H12BrCl2NO2. The summed E-state index contributed by atoms with van der Waals surface area (Å²) in [4.78, 5) is 11.9. The smallest absolute Gasteiger partial charge is 0.253 e. The van der Waals surface area contributed by atoms with Gasteiger partial charge in [-0.15, -0.1) is 11.6 Å². The Bertz CT molecular complexity index is 401. The van der Waals surface area contributed by atoms with Crippen LogP contribution in [0.1, 0.15) is 10.4 Å². The Morgan fingerprint density at radius 2 is 2.29 bits per heavy atom. The lowest BCUT2D eigenvalue weighted by Gasteiger charge is -2.15. The zero-order chi connectivity index (χ0) is 12.8. The lowest BCUT2D eigenvalue weighted by Crippen LogP contribution is -2.39. The maximum Gasteiger partial charge on any atom is 0.253 e. The van der Waals surface area contributed by atoms with Crippen molar-refractivity contribution in [1.82, 2.24) is 5.32 Å². The lowest BCUT2D eigenvalue weighted by molar-refractivity contribution is 0.0907. The lowest BCUT2D eigenvalue weighted by atomic mass is 10.2. The molecule has 6 heteroatoms. The Balaban J connectivity index is 2.79. The Hall–Kier alpha value is -0.290. The minimum atomic E-state index is -0.265. The number of alkyl halides is 1. The number of carbonyl (C=O) groups is 1. The summed E-state index contributed by atoms with van der Waals surface area (Å²) in [6, 6.07) is 4.94. The van der Waals surface area contributed by atoms with Crippen molar-refractivity contribution in [3.8, 4) is 0 Å². The quantitative estimate of drug-likeness (QED) is 0.836. The predicted molar refractivity (Wildman–Crippen MR) is 73.0 cm³/mol. The highest BCUT2D eigenvalue weighted by Gasteiger charge is 2.16. The molecule has 0 aliphatic carbocycles. The summed E-state index contributed by atoms with van der Waals surface area (Å²) < 4.78 is 5.63. The third kappa shape index (κ3) is 4.14. The number of hydrogen-bond donors (Lipinski definition) is 1. The molecule has 0 aromatic heterocycles. The van der Waals surface area contributed by atoms with Gasteiger partial charge in [-0.3, -0.25) is 4.79 Å². The van der Waals surface area contributed by atoms with E-state index in [1.165, 1.54) is 0 Å². The zero-order valence-electron chi connectivity index (χ0n) is 9.17. The van der Waals surface area contributed by atoms with Crippen molar-refractivity contribution in [2.45, 2.75) is 6.04 Å². The van der Waals surface area contributed by atoms with Crippen LogP contribution in [0, 0.1) is 0 Å². The summed E-state index contributed by atoms with van der Waals surface area (Å²) >= 11 is 15.0. The van der Waals surface area contributed by atoms with E-state index in [4.69, 9.17) is 27.9 Å². The van der Waals surface area contributed by atoms with Gasteiger partial charge in [0.2, 0.25) is 0 Å². The van der Waals surface area contributed by atoms with E-state index >= 15 is 0 Å². The van der Waals surface area contributed by atoms with Crippen LogP contribution < -0.4 is 5.32 Å². The summed E-state index contributed by atoms with van der Waals surface area (Å²) in [7, 11) is 1.55. The van der Waals surface area contributed by atoms with Crippen molar-refractivity contribution in [1.29, 1.82) is 0 Å². The van der Waals surface area contributed by atoms with Crippen LogP contribution in [-0.2, 0) is 4.74 Å². The van der Waals surface area contributed by atoms with Gasteiger partial charge in [0.1, 0.15) is 0 Å². The summed E-state index contributed by atoms with van der Waals surface area (Å²) in [6.07, 6.45) is 0. The van der Waals surface area contributed by atoms with Gasteiger partial charge in [-0.25, -0.2) is 0 Å². The fourth-order valence-electron chi connectivity index (χ4n) is 1.27. The van der Waals surface area contributed by atoms with Crippen molar-refractivity contribution in [2.24, 2.45) is 0 Å². The third-order valence-corrected chi connectivity index (χ3v) is 3.75. The van der Waals surface area contributed by atoms with Crippen LogP contribution in [-0.4, -0.2) is 31.5 Å². The highest BCUT2D eigenvalue weighted by molar-refractivity contribution is 9.10. The molecule has 0 aliphatic rings. The van der Waals surface area contributed by atoms with Crippen molar-refractivity contribution in [3.05, 3.63) is 33.3 Å². The average Bonchev–Trinajstić information content (AvgIpc) is 2.31. The van der Waals surface area contributed by atoms with E-state index in [2.05, 4.69) is 21.2 Å². The minimum Gasteiger partial charge on any atom is -0.383 e. The van der Waals surface area contributed by atoms with Crippen molar-refractivity contribution in [3.63, 3.8) is 0 Å². The van der Waals surface area contributed by atoms with Gasteiger partial charge in [0.25, 0.3) is 5.91 Å². The molecule has 0 radical (unpaired) electrons. The molecule has 1 aromatic rings. The molecule has 0 aliphatic heterocycles. The first-order valence-electron chi connectivity index (χ1n) is 4.90. The van der Waals surface area contributed by atoms with E-state index in [0.29, 0.717) is 21.7 Å². The number of nitrogens with one attached hydrogen (secondary N) is 1. The molecule has 1 amide bonds.